The fraction of sp³-hybridized carbons (Fsp3) is 0.333. The number of halogens is 2. The number of fused-ring (bicyclic) bond motifs is 1. The van der Waals surface area contributed by atoms with Crippen molar-refractivity contribution in [1.82, 2.24) is 0 Å². The molecule has 2 aliphatic carbocycles. The van der Waals surface area contributed by atoms with Crippen LogP contribution in [0.3, 0.4) is 0 Å². The smallest absolute Gasteiger partial charge is 0.129 e. The molecule has 4 rings (SSSR count). The number of aliphatic hydroxyl groups is 1. The summed E-state index contributed by atoms with van der Waals surface area (Å²) >= 11 is 0. The maximum Gasteiger partial charge on any atom is 0.129 e. The number of hydrogen-bond donors (Lipinski definition) is 2. The van der Waals surface area contributed by atoms with Gasteiger partial charge in [-0.05, 0) is 90.5 Å². The van der Waals surface area contributed by atoms with Crippen LogP contribution < -0.4 is 0 Å². The van der Waals surface area contributed by atoms with Gasteiger partial charge in [-0.15, -0.1) is 0 Å². The molecule has 0 fully saturated rings. The van der Waals surface area contributed by atoms with Crippen molar-refractivity contribution in [2.45, 2.75) is 32.1 Å². The lowest BCUT2D eigenvalue weighted by Gasteiger charge is -2.41. The second-order valence-electron chi connectivity index (χ2n) is 8.01. The van der Waals surface area contributed by atoms with Crippen molar-refractivity contribution >= 4 is 0 Å². The van der Waals surface area contributed by atoms with Crippen molar-refractivity contribution in [3.63, 3.8) is 0 Å². The van der Waals surface area contributed by atoms with E-state index in [9.17, 15) is 19.0 Å². The molecule has 0 amide bonds. The first-order chi connectivity index (χ1) is 13.4. The molecule has 4 heteroatoms. The number of allylic oxidation sites excluding steroid dienone is 3. The lowest BCUT2D eigenvalue weighted by Crippen LogP contribution is -2.34. The summed E-state index contributed by atoms with van der Waals surface area (Å²) in [7, 11) is 0. The van der Waals surface area contributed by atoms with Crippen LogP contribution in [0.4, 0.5) is 8.78 Å². The fourth-order valence-electron chi connectivity index (χ4n) is 4.86. The van der Waals surface area contributed by atoms with Gasteiger partial charge in [-0.3, -0.25) is 0 Å². The van der Waals surface area contributed by atoms with Crippen molar-refractivity contribution in [3.05, 3.63) is 88.7 Å². The monoisotopic (exact) mass is 382 g/mol. The van der Waals surface area contributed by atoms with Crippen LogP contribution in [0.25, 0.3) is 0 Å². The van der Waals surface area contributed by atoms with Crippen molar-refractivity contribution in [1.29, 1.82) is 0 Å². The molecule has 0 bridgehead atoms. The molecule has 0 spiro atoms. The third-order valence-electron chi connectivity index (χ3n) is 6.44. The quantitative estimate of drug-likeness (QED) is 0.702. The highest BCUT2D eigenvalue weighted by molar-refractivity contribution is 5.41. The lowest BCUT2D eigenvalue weighted by atomic mass is 9.63. The van der Waals surface area contributed by atoms with Gasteiger partial charge in [-0.25, -0.2) is 8.78 Å². The SMILES string of the molecule is C[C@H]1[C@@H](Cc2c(F)cccc2F)c2cc(O)ccc2C[C@H]1C1C=CC(O)=CC1. The van der Waals surface area contributed by atoms with E-state index in [0.717, 1.165) is 24.0 Å². The predicted octanol–water partition coefficient (Wildman–Crippen LogP) is 5.82. The van der Waals surface area contributed by atoms with E-state index in [1.54, 1.807) is 18.2 Å². The van der Waals surface area contributed by atoms with Crippen LogP contribution in [0.5, 0.6) is 5.75 Å². The molecule has 2 N–H and O–H groups in total. The molecule has 0 aliphatic heterocycles. The standard InChI is InChI=1S/C24H24F2O2/c1-14-19(15-5-8-17(27)9-6-15)11-16-7-10-18(28)12-21(16)20(14)13-22-23(25)3-2-4-24(22)26/h2-5,7-10,12,14-15,19-20,27-28H,6,11,13H2,1H3/t14-,15?,19-,20-/m1/s1. The normalized spacial score (nSPS) is 26.6. The van der Waals surface area contributed by atoms with Gasteiger partial charge in [-0.2, -0.15) is 0 Å². The van der Waals surface area contributed by atoms with Gasteiger partial charge in [0, 0.05) is 5.56 Å². The summed E-state index contributed by atoms with van der Waals surface area (Å²) in [5.74, 6) is 0.0294. The fourth-order valence-corrected chi connectivity index (χ4v) is 4.86. The minimum atomic E-state index is -0.526. The molecule has 0 radical (unpaired) electrons. The summed E-state index contributed by atoms with van der Waals surface area (Å²) in [6.07, 6.45) is 7.46. The number of hydrogen-bond acceptors (Lipinski definition) is 2. The number of aromatic hydroxyl groups is 1. The average molecular weight is 382 g/mol. The van der Waals surface area contributed by atoms with E-state index in [2.05, 4.69) is 6.92 Å². The van der Waals surface area contributed by atoms with E-state index < -0.39 is 11.6 Å². The number of phenols is 1. The Morgan fingerprint density at radius 2 is 1.82 bits per heavy atom. The zero-order valence-electron chi connectivity index (χ0n) is 15.8. The number of phenolic OH excluding ortho intramolecular Hbond substituents is 1. The molecular weight excluding hydrogens is 358 g/mol. The zero-order chi connectivity index (χ0) is 19.8. The highest BCUT2D eigenvalue weighted by Gasteiger charge is 2.38. The largest absolute Gasteiger partial charge is 0.508 e. The summed E-state index contributed by atoms with van der Waals surface area (Å²) in [4.78, 5) is 0. The maximum atomic E-state index is 14.3. The van der Waals surface area contributed by atoms with Crippen LogP contribution >= 0.6 is 0 Å². The van der Waals surface area contributed by atoms with Crippen molar-refractivity contribution in [2.75, 3.05) is 0 Å². The molecule has 4 atom stereocenters. The average Bonchev–Trinajstić information content (AvgIpc) is 2.67. The molecular formula is C24H24F2O2. The van der Waals surface area contributed by atoms with Crippen LogP contribution in [0, 0.1) is 29.4 Å². The van der Waals surface area contributed by atoms with Gasteiger partial charge in [0.25, 0.3) is 0 Å². The number of rotatable bonds is 3. The van der Waals surface area contributed by atoms with Gasteiger partial charge < -0.3 is 10.2 Å². The van der Waals surface area contributed by atoms with Crippen LogP contribution in [0.2, 0.25) is 0 Å². The van der Waals surface area contributed by atoms with Crippen molar-refractivity contribution in [2.24, 2.45) is 17.8 Å². The molecule has 146 valence electrons. The molecule has 2 nitrogen and oxygen atoms in total. The number of benzene rings is 2. The van der Waals surface area contributed by atoms with Crippen LogP contribution in [0.15, 0.2) is 60.4 Å². The lowest BCUT2D eigenvalue weighted by molar-refractivity contribution is 0.216. The van der Waals surface area contributed by atoms with E-state index in [0.29, 0.717) is 0 Å². The van der Waals surface area contributed by atoms with Crippen LogP contribution in [-0.4, -0.2) is 10.2 Å². The molecule has 0 saturated carbocycles. The van der Waals surface area contributed by atoms with Gasteiger partial charge in [0.15, 0.2) is 0 Å². The summed E-state index contributed by atoms with van der Waals surface area (Å²) < 4.78 is 28.7. The van der Waals surface area contributed by atoms with Gasteiger partial charge in [0.2, 0.25) is 0 Å². The molecule has 1 unspecified atom stereocenters. The van der Waals surface area contributed by atoms with E-state index in [4.69, 9.17) is 0 Å². The van der Waals surface area contributed by atoms with Crippen LogP contribution in [-0.2, 0) is 12.8 Å². The first-order valence-electron chi connectivity index (χ1n) is 9.76. The third kappa shape index (κ3) is 3.44. The molecule has 0 heterocycles. The Hall–Kier alpha value is -2.62. The first-order valence-corrected chi connectivity index (χ1v) is 9.76. The van der Waals surface area contributed by atoms with Gasteiger partial charge >= 0.3 is 0 Å². The Labute approximate surface area is 163 Å². The zero-order valence-corrected chi connectivity index (χ0v) is 15.8. The summed E-state index contributed by atoms with van der Waals surface area (Å²) in [5.41, 5.74) is 2.20. The Morgan fingerprint density at radius 1 is 1.07 bits per heavy atom. The molecule has 0 saturated heterocycles. The predicted molar refractivity (Wildman–Crippen MR) is 105 cm³/mol. The topological polar surface area (TPSA) is 40.5 Å². The Bertz CT molecular complexity index is 927. The first kappa shape index (κ1) is 18.7. The van der Waals surface area contributed by atoms with Gasteiger partial charge in [0.1, 0.15) is 23.1 Å². The molecule has 0 aromatic heterocycles. The van der Waals surface area contributed by atoms with Gasteiger partial charge in [-0.1, -0.05) is 25.1 Å². The summed E-state index contributed by atoms with van der Waals surface area (Å²) in [6, 6.07) is 9.32. The van der Waals surface area contributed by atoms with E-state index in [-0.39, 0.29) is 47.2 Å². The van der Waals surface area contributed by atoms with Crippen molar-refractivity contribution in [3.8, 4) is 5.75 Å². The Kier molecular flexibility index (Phi) is 4.96. The molecule has 28 heavy (non-hydrogen) atoms. The highest BCUT2D eigenvalue weighted by atomic mass is 19.1. The molecule has 2 aromatic rings. The second kappa shape index (κ2) is 7.42. The highest BCUT2D eigenvalue weighted by Crippen LogP contribution is 2.47. The second-order valence-corrected chi connectivity index (χ2v) is 8.01. The third-order valence-corrected chi connectivity index (χ3v) is 6.44. The van der Waals surface area contributed by atoms with E-state index >= 15 is 0 Å². The Morgan fingerprint density at radius 3 is 2.50 bits per heavy atom. The minimum absolute atomic E-state index is 0.0971. The van der Waals surface area contributed by atoms with Gasteiger partial charge in [0.05, 0.1) is 0 Å². The number of aliphatic hydroxyl groups excluding tert-OH is 1. The Balaban J connectivity index is 1.72. The van der Waals surface area contributed by atoms with Crippen LogP contribution in [0.1, 0.15) is 36.0 Å². The summed E-state index contributed by atoms with van der Waals surface area (Å²) in [5, 5.41) is 19.7. The van der Waals surface area contributed by atoms with E-state index in [1.807, 2.05) is 18.2 Å². The maximum absolute atomic E-state index is 14.3. The van der Waals surface area contributed by atoms with Crippen molar-refractivity contribution < 1.29 is 19.0 Å². The summed E-state index contributed by atoms with van der Waals surface area (Å²) in [6.45, 7) is 2.13. The molecule has 2 aromatic carbocycles. The molecule has 2 aliphatic rings. The van der Waals surface area contributed by atoms with E-state index in [1.165, 1.54) is 18.2 Å². The minimum Gasteiger partial charge on any atom is -0.508 e.